The summed E-state index contributed by atoms with van der Waals surface area (Å²) in [5.74, 6) is 7.89. The number of ether oxygens (including phenoxy) is 2. The van der Waals surface area contributed by atoms with E-state index in [0.717, 1.165) is 17.9 Å². The lowest BCUT2D eigenvalue weighted by atomic mass is 9.87. The molecule has 24 heavy (non-hydrogen) atoms. The summed E-state index contributed by atoms with van der Waals surface area (Å²) in [6.45, 7) is 5.82. The average molecular weight is 326 g/mol. The highest BCUT2D eigenvalue weighted by atomic mass is 16.5. The van der Waals surface area contributed by atoms with Crippen molar-refractivity contribution < 1.29 is 9.47 Å². The van der Waals surface area contributed by atoms with Crippen LogP contribution in [0.2, 0.25) is 0 Å². The Balaban J connectivity index is 1.71. The van der Waals surface area contributed by atoms with Crippen molar-refractivity contribution >= 4 is 0 Å². The first-order valence-electron chi connectivity index (χ1n) is 9.34. The van der Waals surface area contributed by atoms with Crippen molar-refractivity contribution in [3.63, 3.8) is 0 Å². The molecule has 1 aromatic carbocycles. The van der Waals surface area contributed by atoms with Crippen molar-refractivity contribution in [1.82, 2.24) is 0 Å². The molecule has 130 valence electrons. The van der Waals surface area contributed by atoms with Crippen LogP contribution in [0.5, 0.6) is 5.75 Å². The number of benzene rings is 1. The molecule has 0 heterocycles. The smallest absolute Gasteiger partial charge is 0.119 e. The standard InChI is InChI=1S/C22H30O2/c1-3-5-18-24-22-16-12-20(13-17-22)9-7-6-8-19-10-14-21(15-11-19)23-4-2/h7,9-11,14-15,20,22H,3-5,12-13,16-18H2,1-2H3. The summed E-state index contributed by atoms with van der Waals surface area (Å²) >= 11 is 0. The largest absolute Gasteiger partial charge is 0.494 e. The lowest BCUT2D eigenvalue weighted by Gasteiger charge is -2.26. The second-order valence-corrected chi connectivity index (χ2v) is 6.35. The highest BCUT2D eigenvalue weighted by molar-refractivity contribution is 5.40. The maximum atomic E-state index is 5.92. The minimum atomic E-state index is 0.483. The zero-order valence-corrected chi connectivity index (χ0v) is 15.1. The Labute approximate surface area is 147 Å². The van der Waals surface area contributed by atoms with Gasteiger partial charge in [-0.15, -0.1) is 0 Å². The molecule has 0 aliphatic heterocycles. The molecule has 0 amide bonds. The van der Waals surface area contributed by atoms with Crippen molar-refractivity contribution in [2.75, 3.05) is 13.2 Å². The zero-order chi connectivity index (χ0) is 17.0. The number of hydrogen-bond donors (Lipinski definition) is 0. The molecule has 2 rings (SSSR count). The molecule has 0 atom stereocenters. The first kappa shape index (κ1) is 18.6. The van der Waals surface area contributed by atoms with Gasteiger partial charge in [0.05, 0.1) is 12.7 Å². The topological polar surface area (TPSA) is 18.5 Å². The Hall–Kier alpha value is -1.72. The zero-order valence-electron chi connectivity index (χ0n) is 15.1. The summed E-state index contributed by atoms with van der Waals surface area (Å²) in [5, 5.41) is 0. The highest BCUT2D eigenvalue weighted by Crippen LogP contribution is 2.27. The molecule has 1 fully saturated rings. The lowest BCUT2D eigenvalue weighted by molar-refractivity contribution is 0.0209. The predicted molar refractivity (Wildman–Crippen MR) is 100 cm³/mol. The summed E-state index contributed by atoms with van der Waals surface area (Å²) in [5.41, 5.74) is 1.02. The second kappa shape index (κ2) is 10.9. The minimum Gasteiger partial charge on any atom is -0.494 e. The van der Waals surface area contributed by atoms with E-state index in [2.05, 4.69) is 24.8 Å². The van der Waals surface area contributed by atoms with E-state index in [1.807, 2.05) is 37.3 Å². The summed E-state index contributed by atoms with van der Waals surface area (Å²) < 4.78 is 11.4. The number of unbranched alkanes of at least 4 members (excludes halogenated alkanes) is 1. The SMILES string of the molecule is CCCCOC1CCC(C=CC#Cc2ccc(OCC)cc2)CC1. The predicted octanol–water partition coefficient (Wildman–Crippen LogP) is 5.37. The average Bonchev–Trinajstić information content (AvgIpc) is 2.62. The van der Waals surface area contributed by atoms with Gasteiger partial charge in [-0.2, -0.15) is 0 Å². The fourth-order valence-corrected chi connectivity index (χ4v) is 2.95. The molecule has 1 aromatic rings. The van der Waals surface area contributed by atoms with Crippen LogP contribution >= 0.6 is 0 Å². The van der Waals surface area contributed by atoms with Crippen LogP contribution in [0.1, 0.15) is 57.9 Å². The maximum absolute atomic E-state index is 5.92. The molecule has 0 unspecified atom stereocenters. The molecule has 0 saturated heterocycles. The molecule has 1 aliphatic carbocycles. The van der Waals surface area contributed by atoms with Gasteiger partial charge < -0.3 is 9.47 Å². The molecule has 1 aliphatic rings. The number of hydrogen-bond acceptors (Lipinski definition) is 2. The van der Waals surface area contributed by atoms with Crippen molar-refractivity contribution in [3.8, 4) is 17.6 Å². The van der Waals surface area contributed by atoms with Crippen molar-refractivity contribution in [1.29, 1.82) is 0 Å². The van der Waals surface area contributed by atoms with E-state index >= 15 is 0 Å². The van der Waals surface area contributed by atoms with Crippen LogP contribution in [0.25, 0.3) is 0 Å². The van der Waals surface area contributed by atoms with Crippen LogP contribution in [-0.2, 0) is 4.74 Å². The van der Waals surface area contributed by atoms with Crippen LogP contribution < -0.4 is 4.74 Å². The molecule has 2 heteroatoms. The molecular formula is C22H30O2. The Morgan fingerprint density at radius 1 is 1.08 bits per heavy atom. The van der Waals surface area contributed by atoms with Gasteiger partial charge >= 0.3 is 0 Å². The molecule has 0 aromatic heterocycles. The van der Waals surface area contributed by atoms with Crippen LogP contribution in [-0.4, -0.2) is 19.3 Å². The molecule has 2 nitrogen and oxygen atoms in total. The van der Waals surface area contributed by atoms with Gasteiger partial charge in [-0.25, -0.2) is 0 Å². The molecular weight excluding hydrogens is 296 g/mol. The Morgan fingerprint density at radius 2 is 1.83 bits per heavy atom. The summed E-state index contributed by atoms with van der Waals surface area (Å²) in [4.78, 5) is 0. The first-order valence-corrected chi connectivity index (χ1v) is 9.34. The third kappa shape index (κ3) is 6.81. The third-order valence-corrected chi connectivity index (χ3v) is 4.40. The van der Waals surface area contributed by atoms with Gasteiger partial charge in [0.15, 0.2) is 0 Å². The minimum absolute atomic E-state index is 0.483. The second-order valence-electron chi connectivity index (χ2n) is 6.35. The van der Waals surface area contributed by atoms with E-state index in [4.69, 9.17) is 9.47 Å². The molecule has 0 bridgehead atoms. The molecule has 0 radical (unpaired) electrons. The fourth-order valence-electron chi connectivity index (χ4n) is 2.95. The van der Waals surface area contributed by atoms with E-state index in [1.54, 1.807) is 0 Å². The maximum Gasteiger partial charge on any atom is 0.119 e. The monoisotopic (exact) mass is 326 g/mol. The van der Waals surface area contributed by atoms with Crippen molar-refractivity contribution in [2.45, 2.75) is 58.5 Å². The van der Waals surface area contributed by atoms with Crippen LogP contribution in [0.15, 0.2) is 36.4 Å². The van der Waals surface area contributed by atoms with E-state index in [1.165, 1.54) is 38.5 Å². The van der Waals surface area contributed by atoms with E-state index < -0.39 is 0 Å². The van der Waals surface area contributed by atoms with Crippen LogP contribution in [0, 0.1) is 17.8 Å². The van der Waals surface area contributed by atoms with Gasteiger partial charge in [-0.05, 0) is 75.3 Å². The van der Waals surface area contributed by atoms with Crippen molar-refractivity contribution in [3.05, 3.63) is 42.0 Å². The first-order chi connectivity index (χ1) is 11.8. The lowest BCUT2D eigenvalue weighted by Crippen LogP contribution is -2.21. The van der Waals surface area contributed by atoms with Gasteiger partial charge in [0.25, 0.3) is 0 Å². The summed E-state index contributed by atoms with van der Waals surface area (Å²) in [6.07, 6.45) is 12.0. The molecule has 0 N–H and O–H groups in total. The van der Waals surface area contributed by atoms with E-state index in [0.29, 0.717) is 18.6 Å². The Morgan fingerprint density at radius 3 is 2.50 bits per heavy atom. The number of allylic oxidation sites excluding steroid dienone is 2. The summed E-state index contributed by atoms with van der Waals surface area (Å²) in [7, 11) is 0. The summed E-state index contributed by atoms with van der Waals surface area (Å²) in [6, 6.07) is 7.95. The van der Waals surface area contributed by atoms with Crippen molar-refractivity contribution in [2.24, 2.45) is 5.92 Å². The third-order valence-electron chi connectivity index (χ3n) is 4.40. The van der Waals surface area contributed by atoms with E-state index in [9.17, 15) is 0 Å². The van der Waals surface area contributed by atoms with Crippen LogP contribution in [0.3, 0.4) is 0 Å². The van der Waals surface area contributed by atoms with Crippen LogP contribution in [0.4, 0.5) is 0 Å². The quantitative estimate of drug-likeness (QED) is 0.495. The Bertz CT molecular complexity index is 540. The Kier molecular flexibility index (Phi) is 8.49. The van der Waals surface area contributed by atoms with Gasteiger partial charge in [0, 0.05) is 12.2 Å². The van der Waals surface area contributed by atoms with Gasteiger partial charge in [0.1, 0.15) is 5.75 Å². The van der Waals surface area contributed by atoms with Gasteiger partial charge in [0.2, 0.25) is 0 Å². The molecule has 1 saturated carbocycles. The molecule has 0 spiro atoms. The van der Waals surface area contributed by atoms with Gasteiger partial charge in [-0.3, -0.25) is 0 Å². The number of rotatable bonds is 7. The fraction of sp³-hybridized carbons (Fsp3) is 0.545. The van der Waals surface area contributed by atoms with Gasteiger partial charge in [-0.1, -0.05) is 31.3 Å². The van der Waals surface area contributed by atoms with E-state index in [-0.39, 0.29) is 0 Å². The normalized spacial score (nSPS) is 20.6. The highest BCUT2D eigenvalue weighted by Gasteiger charge is 2.19.